The third-order valence-corrected chi connectivity index (χ3v) is 5.68. The number of hydrogen-bond donors (Lipinski definition) is 2. The predicted octanol–water partition coefficient (Wildman–Crippen LogP) is 3.38. The fourth-order valence-corrected chi connectivity index (χ4v) is 3.94. The Morgan fingerprint density at radius 1 is 1.32 bits per heavy atom. The van der Waals surface area contributed by atoms with Crippen LogP contribution < -0.4 is 5.32 Å². The summed E-state index contributed by atoms with van der Waals surface area (Å²) in [4.78, 5) is 19.0. The molecule has 5 rings (SSSR count). The molecule has 2 N–H and O–H groups in total. The highest BCUT2D eigenvalue weighted by Gasteiger charge is 2.22. The first-order chi connectivity index (χ1) is 15.0. The summed E-state index contributed by atoms with van der Waals surface area (Å²) >= 11 is 0. The molecule has 0 saturated carbocycles. The van der Waals surface area contributed by atoms with Gasteiger partial charge in [-0.2, -0.15) is 15.2 Å². The summed E-state index contributed by atoms with van der Waals surface area (Å²) in [6, 6.07) is 3.35. The summed E-state index contributed by atoms with van der Waals surface area (Å²) < 4.78 is 21.9. The van der Waals surface area contributed by atoms with Crippen LogP contribution in [0.15, 0.2) is 35.2 Å². The topological polar surface area (TPSA) is 105 Å². The van der Waals surface area contributed by atoms with Gasteiger partial charge in [-0.1, -0.05) is 0 Å². The molecule has 4 aromatic rings. The Kier molecular flexibility index (Phi) is 4.78. The van der Waals surface area contributed by atoms with Crippen LogP contribution in [0.25, 0.3) is 22.0 Å². The molecule has 4 heterocycles. The number of benzene rings is 1. The minimum Gasteiger partial charge on any atom is -0.432 e. The van der Waals surface area contributed by atoms with Crippen molar-refractivity contribution in [2.24, 2.45) is 0 Å². The number of likely N-dealkylation sites (tertiary alicyclic amines) is 1. The normalized spacial score (nSPS) is 15.6. The first-order valence-electron chi connectivity index (χ1n) is 10.1. The van der Waals surface area contributed by atoms with Crippen LogP contribution in [0, 0.1) is 12.7 Å². The van der Waals surface area contributed by atoms with Gasteiger partial charge in [-0.25, -0.2) is 4.39 Å². The van der Waals surface area contributed by atoms with Crippen molar-refractivity contribution < 1.29 is 13.6 Å². The summed E-state index contributed by atoms with van der Waals surface area (Å²) in [5, 5.41) is 14.3. The Hall–Kier alpha value is -3.53. The van der Waals surface area contributed by atoms with Crippen LogP contribution in [0.2, 0.25) is 0 Å². The lowest BCUT2D eigenvalue weighted by molar-refractivity contribution is 0.102. The van der Waals surface area contributed by atoms with E-state index in [0.29, 0.717) is 33.8 Å². The lowest BCUT2D eigenvalue weighted by atomic mass is 10.0. The molecule has 10 heteroatoms. The number of halogens is 1. The molecule has 0 bridgehead atoms. The maximum atomic E-state index is 14.9. The van der Waals surface area contributed by atoms with Crippen molar-refractivity contribution >= 4 is 22.8 Å². The van der Waals surface area contributed by atoms with Gasteiger partial charge in [0.2, 0.25) is 0 Å². The zero-order chi connectivity index (χ0) is 21.5. The Morgan fingerprint density at radius 2 is 2.13 bits per heavy atom. The zero-order valence-electron chi connectivity index (χ0n) is 17.2. The standard InChI is InChI=1S/C21H22FN7O2/c1-12-11-31-21(24-12)25-20(30)19-16-7-15(17(22)8-18(16)26-27-19)13-9-23-29(10-13)14-3-5-28(2)6-4-14/h7-11,14H,3-6H2,1-2H3,(H,26,27)(H,24,25,30). The van der Waals surface area contributed by atoms with Crippen LogP contribution in [-0.4, -0.2) is 55.9 Å². The monoisotopic (exact) mass is 423 g/mol. The van der Waals surface area contributed by atoms with Crippen molar-refractivity contribution in [1.29, 1.82) is 0 Å². The second-order valence-corrected chi connectivity index (χ2v) is 7.94. The highest BCUT2D eigenvalue weighted by Crippen LogP contribution is 2.30. The highest BCUT2D eigenvalue weighted by atomic mass is 19.1. The first-order valence-corrected chi connectivity index (χ1v) is 10.1. The molecule has 3 aromatic heterocycles. The van der Waals surface area contributed by atoms with E-state index in [9.17, 15) is 9.18 Å². The molecule has 0 unspecified atom stereocenters. The number of oxazole rings is 1. The van der Waals surface area contributed by atoms with Crippen LogP contribution in [0.4, 0.5) is 10.4 Å². The molecule has 0 atom stereocenters. The number of aryl methyl sites for hydroxylation is 1. The lowest BCUT2D eigenvalue weighted by Crippen LogP contribution is -2.31. The van der Waals surface area contributed by atoms with E-state index < -0.39 is 11.7 Å². The van der Waals surface area contributed by atoms with Gasteiger partial charge in [0.15, 0.2) is 5.69 Å². The van der Waals surface area contributed by atoms with Gasteiger partial charge >= 0.3 is 6.01 Å². The molecule has 1 amide bonds. The second-order valence-electron chi connectivity index (χ2n) is 7.94. The van der Waals surface area contributed by atoms with E-state index in [1.54, 1.807) is 19.2 Å². The van der Waals surface area contributed by atoms with Crippen molar-refractivity contribution in [3.63, 3.8) is 0 Å². The Labute approximate surface area is 177 Å². The summed E-state index contributed by atoms with van der Waals surface area (Å²) in [6.45, 7) is 3.78. The smallest absolute Gasteiger partial charge is 0.301 e. The Bertz CT molecular complexity index is 1250. The van der Waals surface area contributed by atoms with Gasteiger partial charge in [0, 0.05) is 28.8 Å². The quantitative estimate of drug-likeness (QED) is 0.521. The number of anilines is 1. The fraction of sp³-hybridized carbons (Fsp3) is 0.333. The molecule has 0 radical (unpaired) electrons. The highest BCUT2D eigenvalue weighted by molar-refractivity contribution is 6.11. The number of rotatable bonds is 4. The number of fused-ring (bicyclic) bond motifs is 1. The second kappa shape index (κ2) is 7.62. The maximum absolute atomic E-state index is 14.9. The van der Waals surface area contributed by atoms with Gasteiger partial charge in [-0.3, -0.25) is 19.9 Å². The van der Waals surface area contributed by atoms with Gasteiger partial charge in [-0.05, 0) is 46.0 Å². The summed E-state index contributed by atoms with van der Waals surface area (Å²) in [6.07, 6.45) is 6.98. The van der Waals surface area contributed by atoms with E-state index in [0.717, 1.165) is 25.9 Å². The SMILES string of the molecule is Cc1coc(NC(=O)c2n[nH]c3cc(F)c(-c4cnn(C5CCN(C)CC5)c4)cc23)n1. The number of hydrogen-bond acceptors (Lipinski definition) is 6. The molecule has 160 valence electrons. The van der Waals surface area contributed by atoms with Crippen LogP contribution in [-0.2, 0) is 0 Å². The maximum Gasteiger partial charge on any atom is 0.301 e. The number of aromatic amines is 1. The molecule has 1 aromatic carbocycles. The van der Waals surface area contributed by atoms with E-state index in [1.807, 2.05) is 10.9 Å². The van der Waals surface area contributed by atoms with Crippen LogP contribution in [0.3, 0.4) is 0 Å². The van der Waals surface area contributed by atoms with Gasteiger partial charge in [0.25, 0.3) is 5.91 Å². The number of piperidine rings is 1. The number of carbonyl (C=O) groups is 1. The predicted molar refractivity (Wildman–Crippen MR) is 112 cm³/mol. The molecule has 0 aliphatic carbocycles. The number of H-pyrrole nitrogens is 1. The molecule has 9 nitrogen and oxygen atoms in total. The molecular weight excluding hydrogens is 401 g/mol. The van der Waals surface area contributed by atoms with Crippen molar-refractivity contribution in [3.05, 3.63) is 48.0 Å². The third kappa shape index (κ3) is 3.70. The Balaban J connectivity index is 1.45. The molecule has 1 saturated heterocycles. The molecule has 1 aliphatic rings. The average molecular weight is 423 g/mol. The van der Waals surface area contributed by atoms with Gasteiger partial charge in [0.1, 0.15) is 12.1 Å². The molecular formula is C21H22FN7O2. The minimum atomic E-state index is -0.493. The van der Waals surface area contributed by atoms with E-state index in [2.05, 4.69) is 37.5 Å². The van der Waals surface area contributed by atoms with Crippen LogP contribution in [0.1, 0.15) is 35.1 Å². The lowest BCUT2D eigenvalue weighted by Gasteiger charge is -2.28. The van der Waals surface area contributed by atoms with Crippen molar-refractivity contribution in [3.8, 4) is 11.1 Å². The molecule has 1 fully saturated rings. The molecule has 0 spiro atoms. The zero-order valence-corrected chi connectivity index (χ0v) is 17.2. The summed E-state index contributed by atoms with van der Waals surface area (Å²) in [5.74, 6) is -0.901. The van der Waals surface area contributed by atoms with Crippen molar-refractivity contribution in [1.82, 2.24) is 29.9 Å². The number of amides is 1. The fourth-order valence-electron chi connectivity index (χ4n) is 3.94. The van der Waals surface area contributed by atoms with Gasteiger partial charge in [-0.15, -0.1) is 0 Å². The summed E-state index contributed by atoms with van der Waals surface area (Å²) in [5.41, 5.74) is 2.24. The number of carbonyl (C=O) groups excluding carboxylic acids is 1. The van der Waals surface area contributed by atoms with Crippen molar-refractivity contribution in [2.45, 2.75) is 25.8 Å². The Morgan fingerprint density at radius 3 is 2.87 bits per heavy atom. The molecule has 1 aliphatic heterocycles. The van der Waals surface area contributed by atoms with E-state index in [1.165, 1.54) is 12.3 Å². The van der Waals surface area contributed by atoms with E-state index in [-0.39, 0.29) is 11.7 Å². The third-order valence-electron chi connectivity index (χ3n) is 5.68. The molecule has 31 heavy (non-hydrogen) atoms. The van der Waals surface area contributed by atoms with E-state index >= 15 is 0 Å². The van der Waals surface area contributed by atoms with Crippen LogP contribution in [0.5, 0.6) is 0 Å². The van der Waals surface area contributed by atoms with Gasteiger partial charge < -0.3 is 9.32 Å². The largest absolute Gasteiger partial charge is 0.432 e. The van der Waals surface area contributed by atoms with Crippen LogP contribution >= 0.6 is 0 Å². The number of nitrogens with one attached hydrogen (secondary N) is 2. The van der Waals surface area contributed by atoms with E-state index in [4.69, 9.17) is 4.42 Å². The average Bonchev–Trinajstić information content (AvgIpc) is 3.47. The van der Waals surface area contributed by atoms with Crippen molar-refractivity contribution in [2.75, 3.05) is 25.5 Å². The number of nitrogens with zero attached hydrogens (tertiary/aromatic N) is 5. The minimum absolute atomic E-state index is 0.0837. The summed E-state index contributed by atoms with van der Waals surface area (Å²) in [7, 11) is 2.11. The van der Waals surface area contributed by atoms with Gasteiger partial charge in [0.05, 0.1) is 23.4 Å². The first kappa shape index (κ1) is 19.4. The number of aromatic nitrogens is 5.